The molecule has 4 rings (SSSR count). The van der Waals surface area contributed by atoms with Crippen LogP contribution >= 0.6 is 0 Å². The van der Waals surface area contributed by atoms with Crippen molar-refractivity contribution in [2.45, 2.75) is 0 Å². The molecule has 1 aliphatic rings. The van der Waals surface area contributed by atoms with Gasteiger partial charge in [0.25, 0.3) is 0 Å². The summed E-state index contributed by atoms with van der Waals surface area (Å²) < 4.78 is 5.00. The molecule has 0 radical (unpaired) electrons. The summed E-state index contributed by atoms with van der Waals surface area (Å²) >= 11 is 0. The molecular formula is C18H12N2O2. The van der Waals surface area contributed by atoms with Gasteiger partial charge in [0.2, 0.25) is 5.88 Å². The lowest BCUT2D eigenvalue weighted by Gasteiger charge is -1.97. The quantitative estimate of drug-likeness (QED) is 0.730. The van der Waals surface area contributed by atoms with Gasteiger partial charge in [0.1, 0.15) is 6.21 Å². The molecule has 1 N–H and O–H groups in total. The third-order valence-corrected chi connectivity index (χ3v) is 3.56. The third kappa shape index (κ3) is 2.20. The summed E-state index contributed by atoms with van der Waals surface area (Å²) in [5, 5.41) is 1.06. The van der Waals surface area contributed by atoms with E-state index in [1.54, 1.807) is 6.08 Å². The Hall–Kier alpha value is -3.14. The molecule has 0 aliphatic carbocycles. The first-order valence-corrected chi connectivity index (χ1v) is 6.94. The number of hydrogen-bond donors (Lipinski definition) is 1. The predicted octanol–water partition coefficient (Wildman–Crippen LogP) is 3.76. The first kappa shape index (κ1) is 12.6. The van der Waals surface area contributed by atoms with Crippen molar-refractivity contribution < 1.29 is 9.53 Å². The maximum atomic E-state index is 11.1. The van der Waals surface area contributed by atoms with E-state index in [4.69, 9.17) is 4.74 Å². The zero-order valence-electron chi connectivity index (χ0n) is 11.6. The van der Waals surface area contributed by atoms with Gasteiger partial charge < -0.3 is 9.72 Å². The molecule has 4 nitrogen and oxygen atoms in total. The minimum Gasteiger partial charge on any atom is -0.403 e. The van der Waals surface area contributed by atoms with Gasteiger partial charge >= 0.3 is 5.97 Å². The van der Waals surface area contributed by atoms with Gasteiger partial charge in [-0.25, -0.2) is 9.79 Å². The second-order valence-corrected chi connectivity index (χ2v) is 5.02. The molecule has 0 amide bonds. The SMILES string of the molecule is O=C1C=NC(=Cc2cccc3[nH]c(-c4ccccc4)cc23)O1. The van der Waals surface area contributed by atoms with Crippen molar-refractivity contribution in [2.24, 2.45) is 4.99 Å². The zero-order valence-corrected chi connectivity index (χ0v) is 11.6. The van der Waals surface area contributed by atoms with Gasteiger partial charge in [-0.05, 0) is 23.3 Å². The van der Waals surface area contributed by atoms with E-state index in [1.807, 2.05) is 36.4 Å². The van der Waals surface area contributed by atoms with Crippen LogP contribution in [0.2, 0.25) is 0 Å². The van der Waals surface area contributed by atoms with E-state index in [-0.39, 0.29) is 0 Å². The van der Waals surface area contributed by atoms with Crippen molar-refractivity contribution in [2.75, 3.05) is 0 Å². The monoisotopic (exact) mass is 288 g/mol. The lowest BCUT2D eigenvalue weighted by molar-refractivity contribution is -0.129. The minimum atomic E-state index is -0.433. The maximum absolute atomic E-state index is 11.1. The Bertz CT molecular complexity index is 921. The topological polar surface area (TPSA) is 54.5 Å². The van der Waals surface area contributed by atoms with Crippen molar-refractivity contribution in [3.63, 3.8) is 0 Å². The number of carbonyl (C=O) groups excluding carboxylic acids is 1. The van der Waals surface area contributed by atoms with E-state index in [0.29, 0.717) is 5.88 Å². The molecule has 2 aromatic carbocycles. The van der Waals surface area contributed by atoms with Crippen molar-refractivity contribution in [1.29, 1.82) is 0 Å². The van der Waals surface area contributed by atoms with Crippen LogP contribution in [0.3, 0.4) is 0 Å². The average Bonchev–Trinajstić information content (AvgIpc) is 3.15. The lowest BCUT2D eigenvalue weighted by atomic mass is 10.1. The number of nitrogens with zero attached hydrogens (tertiary/aromatic N) is 1. The highest BCUT2D eigenvalue weighted by atomic mass is 16.6. The van der Waals surface area contributed by atoms with Gasteiger partial charge in [0.05, 0.1) is 0 Å². The van der Waals surface area contributed by atoms with Crippen LogP contribution in [0.5, 0.6) is 0 Å². The molecule has 0 spiro atoms. The van der Waals surface area contributed by atoms with E-state index >= 15 is 0 Å². The molecule has 3 aromatic rings. The molecule has 2 heterocycles. The first-order chi connectivity index (χ1) is 10.8. The summed E-state index contributed by atoms with van der Waals surface area (Å²) in [6.45, 7) is 0. The number of aromatic amines is 1. The van der Waals surface area contributed by atoms with Crippen LogP contribution in [-0.2, 0) is 9.53 Å². The Kier molecular flexibility index (Phi) is 2.86. The Labute approximate surface area is 126 Å². The van der Waals surface area contributed by atoms with Crippen molar-refractivity contribution in [1.82, 2.24) is 4.98 Å². The van der Waals surface area contributed by atoms with Crippen LogP contribution in [-0.4, -0.2) is 17.2 Å². The molecule has 0 fully saturated rings. The number of benzene rings is 2. The highest BCUT2D eigenvalue weighted by Crippen LogP contribution is 2.28. The molecule has 0 atom stereocenters. The van der Waals surface area contributed by atoms with Gasteiger partial charge in [-0.15, -0.1) is 0 Å². The van der Waals surface area contributed by atoms with E-state index in [1.165, 1.54) is 6.21 Å². The minimum absolute atomic E-state index is 0.319. The summed E-state index contributed by atoms with van der Waals surface area (Å²) in [5.41, 5.74) is 4.16. The largest absolute Gasteiger partial charge is 0.403 e. The average molecular weight is 288 g/mol. The van der Waals surface area contributed by atoms with Crippen LogP contribution in [0.15, 0.2) is 65.5 Å². The molecule has 1 aliphatic heterocycles. The normalized spacial score (nSPS) is 15.6. The number of aromatic nitrogens is 1. The summed E-state index contributed by atoms with van der Waals surface area (Å²) in [6, 6.07) is 18.2. The van der Waals surface area contributed by atoms with Gasteiger partial charge in [-0.1, -0.05) is 42.5 Å². The fourth-order valence-electron chi connectivity index (χ4n) is 2.55. The molecule has 0 saturated heterocycles. The Morgan fingerprint density at radius 1 is 1.05 bits per heavy atom. The molecular weight excluding hydrogens is 276 g/mol. The number of cyclic esters (lactones) is 1. The van der Waals surface area contributed by atoms with Gasteiger partial charge in [-0.3, -0.25) is 0 Å². The smallest absolute Gasteiger partial charge is 0.356 e. The van der Waals surface area contributed by atoms with Crippen molar-refractivity contribution in [3.8, 4) is 11.3 Å². The number of aliphatic imine (C=N–C) groups is 1. The second kappa shape index (κ2) is 5.00. The highest BCUT2D eigenvalue weighted by molar-refractivity contribution is 6.25. The first-order valence-electron chi connectivity index (χ1n) is 6.94. The molecule has 4 heteroatoms. The number of fused-ring (bicyclic) bond motifs is 1. The van der Waals surface area contributed by atoms with Gasteiger partial charge in [0, 0.05) is 22.7 Å². The van der Waals surface area contributed by atoms with Crippen LogP contribution in [0.4, 0.5) is 0 Å². The van der Waals surface area contributed by atoms with Crippen LogP contribution < -0.4 is 0 Å². The standard InChI is InChI=1S/C18H12N2O2/c21-18-11-19-17(22-18)9-13-7-4-8-15-14(13)10-16(20-15)12-5-2-1-3-6-12/h1-11,20H. The number of H-pyrrole nitrogens is 1. The Balaban J connectivity index is 1.82. The number of hydrogen-bond acceptors (Lipinski definition) is 3. The highest BCUT2D eigenvalue weighted by Gasteiger charge is 2.12. The van der Waals surface area contributed by atoms with E-state index < -0.39 is 5.97 Å². The molecule has 0 saturated carbocycles. The number of ether oxygens (including phenoxy) is 1. The fourth-order valence-corrected chi connectivity index (χ4v) is 2.55. The van der Waals surface area contributed by atoms with E-state index in [2.05, 4.69) is 28.2 Å². The number of esters is 1. The fraction of sp³-hybridized carbons (Fsp3) is 0. The number of carbonyl (C=O) groups is 1. The third-order valence-electron chi connectivity index (χ3n) is 3.56. The molecule has 0 bridgehead atoms. The summed E-state index contributed by atoms with van der Waals surface area (Å²) in [5.74, 6) is -0.113. The maximum Gasteiger partial charge on any atom is 0.356 e. The summed E-state index contributed by atoms with van der Waals surface area (Å²) in [4.78, 5) is 18.4. The molecule has 1 aromatic heterocycles. The predicted molar refractivity (Wildman–Crippen MR) is 86.3 cm³/mol. The van der Waals surface area contributed by atoms with Gasteiger partial charge in [0.15, 0.2) is 0 Å². The van der Waals surface area contributed by atoms with E-state index in [9.17, 15) is 4.79 Å². The van der Waals surface area contributed by atoms with Crippen molar-refractivity contribution in [3.05, 3.63) is 66.0 Å². The number of rotatable bonds is 2. The molecule has 106 valence electrons. The van der Waals surface area contributed by atoms with Crippen molar-refractivity contribution >= 4 is 29.2 Å². The lowest BCUT2D eigenvalue weighted by Crippen LogP contribution is -1.94. The molecule has 0 unspecified atom stereocenters. The zero-order chi connectivity index (χ0) is 14.9. The van der Waals surface area contributed by atoms with Crippen LogP contribution in [0, 0.1) is 0 Å². The Morgan fingerprint density at radius 2 is 1.91 bits per heavy atom. The Morgan fingerprint density at radius 3 is 2.68 bits per heavy atom. The number of nitrogens with one attached hydrogen (secondary N) is 1. The molecule has 22 heavy (non-hydrogen) atoms. The summed E-state index contributed by atoms with van der Waals surface area (Å²) in [7, 11) is 0. The second-order valence-electron chi connectivity index (χ2n) is 5.02. The van der Waals surface area contributed by atoms with E-state index in [0.717, 1.165) is 27.7 Å². The van der Waals surface area contributed by atoms with Crippen LogP contribution in [0.1, 0.15) is 5.56 Å². The van der Waals surface area contributed by atoms with Crippen LogP contribution in [0.25, 0.3) is 28.2 Å². The summed E-state index contributed by atoms with van der Waals surface area (Å²) in [6.07, 6.45) is 2.95. The van der Waals surface area contributed by atoms with Gasteiger partial charge in [-0.2, -0.15) is 0 Å².